The minimum atomic E-state index is -0.325. The van der Waals surface area contributed by atoms with Crippen LogP contribution in [0.4, 0.5) is 11.4 Å². The van der Waals surface area contributed by atoms with Crippen LogP contribution in [0.2, 0.25) is 0 Å². The zero-order chi connectivity index (χ0) is 18.5. The number of hydrazone groups is 1. The molecule has 0 aliphatic carbocycles. The van der Waals surface area contributed by atoms with E-state index in [0.717, 1.165) is 16.9 Å². The van der Waals surface area contributed by atoms with Crippen LogP contribution in [0.25, 0.3) is 0 Å². The van der Waals surface area contributed by atoms with Crippen molar-refractivity contribution in [3.05, 3.63) is 76.5 Å². The summed E-state index contributed by atoms with van der Waals surface area (Å²) in [5.41, 5.74) is 5.99. The average molecular weight is 412 g/mol. The first-order chi connectivity index (χ1) is 12.6. The first-order valence-electron chi connectivity index (χ1n) is 7.96. The molecule has 2 aromatic carbocycles. The topological polar surface area (TPSA) is 62.5 Å². The summed E-state index contributed by atoms with van der Waals surface area (Å²) in [6, 6.07) is 18.0. The molecule has 7 heteroatoms. The molecule has 132 valence electrons. The van der Waals surface area contributed by atoms with Crippen LogP contribution in [0, 0.1) is 0 Å². The molecule has 0 unspecified atom stereocenters. The third-order valence-electron chi connectivity index (χ3n) is 3.91. The smallest absolute Gasteiger partial charge is 0.290 e. The van der Waals surface area contributed by atoms with Gasteiger partial charge in [-0.05, 0) is 45.8 Å². The molecule has 0 saturated carbocycles. The Kier molecular flexibility index (Phi) is 5.48. The Bertz CT molecular complexity index is 899. The van der Waals surface area contributed by atoms with Gasteiger partial charge in [-0.2, -0.15) is 10.2 Å². The van der Waals surface area contributed by atoms with E-state index in [2.05, 4.69) is 48.6 Å². The summed E-state index contributed by atoms with van der Waals surface area (Å²) in [5, 5.41) is 8.02. The predicted molar refractivity (Wildman–Crippen MR) is 107 cm³/mol. The number of benzene rings is 2. The van der Waals surface area contributed by atoms with Crippen molar-refractivity contribution >= 4 is 39.4 Å². The molecule has 3 rings (SSSR count). The Labute approximate surface area is 160 Å². The van der Waals surface area contributed by atoms with Crippen LogP contribution >= 0.6 is 15.9 Å². The number of carbonyl (C=O) groups is 1. The minimum absolute atomic E-state index is 0.325. The van der Waals surface area contributed by atoms with Gasteiger partial charge in [-0.15, -0.1) is 0 Å². The Morgan fingerprint density at radius 1 is 1.15 bits per heavy atom. The monoisotopic (exact) mass is 411 g/mol. The minimum Gasteiger partial charge on any atom is -0.345 e. The lowest BCUT2D eigenvalue weighted by molar-refractivity contribution is 0.0945. The summed E-state index contributed by atoms with van der Waals surface area (Å²) < 4.78 is 2.12. The maximum Gasteiger partial charge on any atom is 0.290 e. The summed E-state index contributed by atoms with van der Waals surface area (Å²) in [6.07, 6.45) is 3.18. The molecule has 0 atom stereocenters. The van der Waals surface area contributed by atoms with Crippen LogP contribution in [0.5, 0.6) is 0 Å². The summed E-state index contributed by atoms with van der Waals surface area (Å²) >= 11 is 3.29. The molecule has 1 aromatic heterocycles. The number of nitrogens with one attached hydrogen (secondary N) is 1. The van der Waals surface area contributed by atoms with Crippen molar-refractivity contribution in [1.82, 2.24) is 15.2 Å². The third-order valence-corrected chi connectivity index (χ3v) is 4.49. The van der Waals surface area contributed by atoms with Crippen LogP contribution in [0.3, 0.4) is 0 Å². The molecule has 1 heterocycles. The first kappa shape index (κ1) is 17.9. The molecule has 0 aliphatic heterocycles. The summed E-state index contributed by atoms with van der Waals surface area (Å²) in [4.78, 5) is 14.2. The highest BCUT2D eigenvalue weighted by atomic mass is 79.9. The second-order valence-electron chi connectivity index (χ2n) is 5.65. The van der Waals surface area contributed by atoms with Gasteiger partial charge in [0.25, 0.3) is 5.91 Å². The molecule has 3 aromatic rings. The van der Waals surface area contributed by atoms with E-state index in [1.807, 2.05) is 49.5 Å². The Hall–Kier alpha value is -2.93. The highest BCUT2D eigenvalue weighted by Crippen LogP contribution is 2.22. The maximum absolute atomic E-state index is 12.1. The van der Waals surface area contributed by atoms with E-state index in [4.69, 9.17) is 0 Å². The lowest BCUT2D eigenvalue weighted by atomic mass is 10.2. The van der Waals surface area contributed by atoms with Crippen molar-refractivity contribution in [3.63, 3.8) is 0 Å². The van der Waals surface area contributed by atoms with Gasteiger partial charge in [0.15, 0.2) is 0 Å². The standard InChI is InChI=1S/C19H18BrN5O/c1-24(15-6-4-3-5-7-15)16-10-8-14(9-11-16)12-21-23-19(26)18-17(20)13-22-25(18)2/h3-13H,1-2H3,(H,23,26). The number of aryl methyl sites for hydroxylation is 1. The SMILES string of the molecule is CN(c1ccccc1)c1ccc(C=NNC(=O)c2c(Br)cnn2C)cc1. The number of anilines is 2. The van der Waals surface area contributed by atoms with Crippen LogP contribution in [0.15, 0.2) is 70.4 Å². The van der Waals surface area contributed by atoms with Crippen molar-refractivity contribution in [1.29, 1.82) is 0 Å². The van der Waals surface area contributed by atoms with Gasteiger partial charge in [0, 0.05) is 25.5 Å². The van der Waals surface area contributed by atoms with Crippen LogP contribution in [-0.4, -0.2) is 28.9 Å². The molecule has 0 saturated heterocycles. The molecular weight excluding hydrogens is 394 g/mol. The number of hydrogen-bond acceptors (Lipinski definition) is 4. The second-order valence-corrected chi connectivity index (χ2v) is 6.50. The first-order valence-corrected chi connectivity index (χ1v) is 8.75. The van der Waals surface area contributed by atoms with Crippen LogP contribution in [-0.2, 0) is 7.05 Å². The van der Waals surface area contributed by atoms with Gasteiger partial charge < -0.3 is 4.90 Å². The molecule has 6 nitrogen and oxygen atoms in total. The van der Waals surface area contributed by atoms with Crippen molar-refractivity contribution in [2.45, 2.75) is 0 Å². The number of amides is 1. The van der Waals surface area contributed by atoms with Crippen molar-refractivity contribution in [3.8, 4) is 0 Å². The van der Waals surface area contributed by atoms with E-state index in [1.165, 1.54) is 4.68 Å². The Morgan fingerprint density at radius 2 is 1.81 bits per heavy atom. The summed E-state index contributed by atoms with van der Waals surface area (Å²) in [6.45, 7) is 0. The molecule has 0 aliphatic rings. The second kappa shape index (κ2) is 7.97. The molecule has 1 amide bonds. The van der Waals surface area contributed by atoms with Gasteiger partial charge >= 0.3 is 0 Å². The molecule has 0 spiro atoms. The fraction of sp³-hybridized carbons (Fsp3) is 0.105. The molecular formula is C19H18BrN5O. The van der Waals surface area contributed by atoms with Gasteiger partial charge in [-0.25, -0.2) is 5.43 Å². The quantitative estimate of drug-likeness (QED) is 0.513. The Morgan fingerprint density at radius 3 is 2.42 bits per heavy atom. The molecule has 26 heavy (non-hydrogen) atoms. The Balaban J connectivity index is 1.64. The number of hydrogen-bond donors (Lipinski definition) is 1. The maximum atomic E-state index is 12.1. The average Bonchev–Trinajstić information content (AvgIpc) is 3.01. The lowest BCUT2D eigenvalue weighted by Crippen LogP contribution is -2.21. The lowest BCUT2D eigenvalue weighted by Gasteiger charge is -2.19. The molecule has 0 fully saturated rings. The number of aromatic nitrogens is 2. The number of para-hydroxylation sites is 1. The third kappa shape index (κ3) is 4.00. The zero-order valence-electron chi connectivity index (χ0n) is 14.4. The van der Waals surface area contributed by atoms with E-state index in [9.17, 15) is 4.79 Å². The summed E-state index contributed by atoms with van der Waals surface area (Å²) in [5.74, 6) is -0.325. The fourth-order valence-corrected chi connectivity index (χ4v) is 3.00. The van der Waals surface area contributed by atoms with Crippen molar-refractivity contribution in [2.24, 2.45) is 12.1 Å². The van der Waals surface area contributed by atoms with Gasteiger partial charge in [0.05, 0.1) is 16.9 Å². The number of carbonyl (C=O) groups excluding carboxylic acids is 1. The van der Waals surface area contributed by atoms with E-state index < -0.39 is 0 Å². The number of rotatable bonds is 5. The van der Waals surface area contributed by atoms with Gasteiger partial charge in [0.2, 0.25) is 0 Å². The normalized spacial score (nSPS) is 10.9. The van der Waals surface area contributed by atoms with Gasteiger partial charge in [-0.3, -0.25) is 9.48 Å². The fourth-order valence-electron chi connectivity index (χ4n) is 2.47. The predicted octanol–water partition coefficient (Wildman–Crippen LogP) is 3.71. The zero-order valence-corrected chi connectivity index (χ0v) is 16.0. The highest BCUT2D eigenvalue weighted by Gasteiger charge is 2.14. The number of nitrogens with zero attached hydrogens (tertiary/aromatic N) is 4. The summed E-state index contributed by atoms with van der Waals surface area (Å²) in [7, 11) is 3.72. The van der Waals surface area contributed by atoms with Crippen LogP contribution in [0.1, 0.15) is 16.1 Å². The van der Waals surface area contributed by atoms with Crippen LogP contribution < -0.4 is 10.3 Å². The van der Waals surface area contributed by atoms with E-state index in [0.29, 0.717) is 10.2 Å². The largest absolute Gasteiger partial charge is 0.345 e. The molecule has 0 bridgehead atoms. The molecule has 1 N–H and O–H groups in total. The number of halogens is 1. The van der Waals surface area contributed by atoms with Gasteiger partial charge in [0.1, 0.15) is 5.69 Å². The van der Waals surface area contributed by atoms with E-state index in [1.54, 1.807) is 19.5 Å². The van der Waals surface area contributed by atoms with Crippen molar-refractivity contribution < 1.29 is 4.79 Å². The van der Waals surface area contributed by atoms with Gasteiger partial charge in [-0.1, -0.05) is 30.3 Å². The molecule has 0 radical (unpaired) electrons. The van der Waals surface area contributed by atoms with E-state index in [-0.39, 0.29) is 5.91 Å². The van der Waals surface area contributed by atoms with Crippen molar-refractivity contribution in [2.75, 3.05) is 11.9 Å². The van der Waals surface area contributed by atoms with E-state index >= 15 is 0 Å². The highest BCUT2D eigenvalue weighted by molar-refractivity contribution is 9.10.